The van der Waals surface area contributed by atoms with Crippen molar-refractivity contribution in [3.8, 4) is 5.75 Å². The lowest BCUT2D eigenvalue weighted by Gasteiger charge is -2.13. The summed E-state index contributed by atoms with van der Waals surface area (Å²) in [4.78, 5) is 26.0. The predicted molar refractivity (Wildman–Crippen MR) is 110 cm³/mol. The fourth-order valence-corrected chi connectivity index (χ4v) is 3.48. The fraction of sp³-hybridized carbons (Fsp3) is 0.100. The quantitative estimate of drug-likeness (QED) is 0.566. The molecule has 1 aliphatic rings. The molecule has 138 valence electrons. The van der Waals surface area contributed by atoms with E-state index in [9.17, 15) is 9.59 Å². The molecule has 27 heavy (non-hydrogen) atoms. The van der Waals surface area contributed by atoms with E-state index in [2.05, 4.69) is 0 Å². The molecule has 0 saturated carbocycles. The van der Waals surface area contributed by atoms with Gasteiger partial charge in [-0.2, -0.15) is 0 Å². The Morgan fingerprint density at radius 1 is 1.04 bits per heavy atom. The van der Waals surface area contributed by atoms with Gasteiger partial charge in [0.05, 0.1) is 11.4 Å². The SMILES string of the molecule is O=C1S/C(=C\C=C\c2ccccc2Cl)C(=O)N1CCOc1ccc(Cl)cc1. The predicted octanol–water partition coefficient (Wildman–Crippen LogP) is 5.66. The minimum atomic E-state index is -0.325. The van der Waals surface area contributed by atoms with Gasteiger partial charge in [-0.15, -0.1) is 0 Å². The van der Waals surface area contributed by atoms with E-state index in [1.54, 1.807) is 48.6 Å². The first kappa shape index (κ1) is 19.5. The van der Waals surface area contributed by atoms with Gasteiger partial charge in [0, 0.05) is 10.0 Å². The Kier molecular flexibility index (Phi) is 6.61. The number of ether oxygens (including phenoxy) is 1. The molecule has 0 atom stereocenters. The minimum absolute atomic E-state index is 0.179. The summed E-state index contributed by atoms with van der Waals surface area (Å²) in [5.74, 6) is 0.304. The summed E-state index contributed by atoms with van der Waals surface area (Å²) in [7, 11) is 0. The van der Waals surface area contributed by atoms with Gasteiger partial charge in [0.1, 0.15) is 12.4 Å². The van der Waals surface area contributed by atoms with E-state index in [1.807, 2.05) is 18.2 Å². The molecule has 0 N–H and O–H groups in total. The molecule has 1 saturated heterocycles. The van der Waals surface area contributed by atoms with Crippen LogP contribution in [0.1, 0.15) is 5.56 Å². The molecular weight excluding hydrogens is 405 g/mol. The number of amides is 2. The van der Waals surface area contributed by atoms with Crippen molar-refractivity contribution in [2.24, 2.45) is 0 Å². The number of allylic oxidation sites excluding steroid dienone is 2. The van der Waals surface area contributed by atoms with Crippen LogP contribution in [0, 0.1) is 0 Å². The van der Waals surface area contributed by atoms with Gasteiger partial charge in [0.25, 0.3) is 11.1 Å². The molecule has 0 bridgehead atoms. The molecule has 2 amide bonds. The second kappa shape index (κ2) is 9.13. The molecule has 0 aromatic heterocycles. The van der Waals surface area contributed by atoms with Gasteiger partial charge in [0.2, 0.25) is 0 Å². The Morgan fingerprint density at radius 3 is 2.52 bits per heavy atom. The van der Waals surface area contributed by atoms with Crippen LogP contribution in [-0.4, -0.2) is 29.2 Å². The molecule has 1 heterocycles. The number of hydrogen-bond donors (Lipinski definition) is 0. The maximum Gasteiger partial charge on any atom is 0.293 e. The largest absolute Gasteiger partial charge is 0.492 e. The second-order valence-corrected chi connectivity index (χ2v) is 7.38. The summed E-state index contributed by atoms with van der Waals surface area (Å²) in [5, 5.41) is 0.926. The fourth-order valence-electron chi connectivity index (χ4n) is 2.34. The highest BCUT2D eigenvalue weighted by Gasteiger charge is 2.34. The number of benzene rings is 2. The van der Waals surface area contributed by atoms with Crippen molar-refractivity contribution in [1.29, 1.82) is 0 Å². The van der Waals surface area contributed by atoms with Gasteiger partial charge in [-0.1, -0.05) is 53.6 Å². The monoisotopic (exact) mass is 419 g/mol. The number of hydrogen-bond acceptors (Lipinski definition) is 4. The molecule has 0 spiro atoms. The van der Waals surface area contributed by atoms with E-state index >= 15 is 0 Å². The maximum atomic E-state index is 12.4. The zero-order valence-corrected chi connectivity index (χ0v) is 16.4. The molecule has 4 nitrogen and oxygen atoms in total. The van der Waals surface area contributed by atoms with Crippen molar-refractivity contribution in [1.82, 2.24) is 4.90 Å². The maximum absolute atomic E-state index is 12.4. The van der Waals surface area contributed by atoms with Crippen LogP contribution in [0.3, 0.4) is 0 Å². The third-order valence-corrected chi connectivity index (χ3v) is 5.22. The Bertz CT molecular complexity index is 910. The second-order valence-electron chi connectivity index (χ2n) is 5.54. The van der Waals surface area contributed by atoms with Crippen molar-refractivity contribution in [3.05, 3.63) is 81.2 Å². The summed E-state index contributed by atoms with van der Waals surface area (Å²) < 4.78 is 5.54. The van der Waals surface area contributed by atoms with Gasteiger partial charge in [-0.05, 0) is 53.7 Å². The summed E-state index contributed by atoms with van der Waals surface area (Å²) in [5.41, 5.74) is 0.839. The lowest BCUT2D eigenvalue weighted by Crippen LogP contribution is -2.32. The first-order valence-corrected chi connectivity index (χ1v) is 9.67. The van der Waals surface area contributed by atoms with Crippen molar-refractivity contribution in [2.45, 2.75) is 0 Å². The van der Waals surface area contributed by atoms with E-state index < -0.39 is 0 Å². The Balaban J connectivity index is 1.57. The molecule has 7 heteroatoms. The van der Waals surface area contributed by atoms with Gasteiger partial charge in [0.15, 0.2) is 0 Å². The molecule has 0 radical (unpaired) electrons. The van der Waals surface area contributed by atoms with Gasteiger partial charge >= 0.3 is 0 Å². The summed E-state index contributed by atoms with van der Waals surface area (Å²) in [6.45, 7) is 0.390. The van der Waals surface area contributed by atoms with Crippen LogP contribution in [0.25, 0.3) is 6.08 Å². The smallest absolute Gasteiger partial charge is 0.293 e. The molecule has 1 fully saturated rings. The molecule has 2 aromatic carbocycles. The highest BCUT2D eigenvalue weighted by Crippen LogP contribution is 2.30. The molecule has 1 aliphatic heterocycles. The van der Waals surface area contributed by atoms with E-state index in [1.165, 1.54) is 4.90 Å². The number of carbonyl (C=O) groups excluding carboxylic acids is 2. The van der Waals surface area contributed by atoms with Crippen molar-refractivity contribution >= 4 is 52.2 Å². The molecule has 2 aromatic rings. The average Bonchev–Trinajstić information content (AvgIpc) is 2.92. The van der Waals surface area contributed by atoms with Crippen LogP contribution >= 0.6 is 35.0 Å². The van der Waals surface area contributed by atoms with E-state index in [0.717, 1.165) is 17.3 Å². The van der Waals surface area contributed by atoms with Crippen LogP contribution in [0.4, 0.5) is 4.79 Å². The summed E-state index contributed by atoms with van der Waals surface area (Å²) in [6.07, 6.45) is 5.12. The lowest BCUT2D eigenvalue weighted by atomic mass is 10.2. The van der Waals surface area contributed by atoms with Crippen LogP contribution < -0.4 is 4.74 Å². The number of rotatable bonds is 6. The van der Waals surface area contributed by atoms with Gasteiger partial charge in [-0.3, -0.25) is 14.5 Å². The molecule has 0 aliphatic carbocycles. The van der Waals surface area contributed by atoms with Crippen LogP contribution in [0.2, 0.25) is 10.0 Å². The minimum Gasteiger partial charge on any atom is -0.492 e. The van der Waals surface area contributed by atoms with E-state index in [4.69, 9.17) is 27.9 Å². The third kappa shape index (κ3) is 5.16. The number of thioether (sulfide) groups is 1. The normalized spacial score (nSPS) is 15.9. The number of carbonyl (C=O) groups is 2. The van der Waals surface area contributed by atoms with Crippen molar-refractivity contribution in [3.63, 3.8) is 0 Å². The topological polar surface area (TPSA) is 46.6 Å². The molecule has 0 unspecified atom stereocenters. The van der Waals surface area contributed by atoms with Crippen LogP contribution in [0.5, 0.6) is 5.75 Å². The van der Waals surface area contributed by atoms with Gasteiger partial charge in [-0.25, -0.2) is 0 Å². The van der Waals surface area contributed by atoms with Crippen LogP contribution in [0.15, 0.2) is 65.6 Å². The highest BCUT2D eigenvalue weighted by molar-refractivity contribution is 8.18. The zero-order valence-electron chi connectivity index (χ0n) is 14.1. The van der Waals surface area contributed by atoms with E-state index in [0.29, 0.717) is 20.7 Å². The number of nitrogens with zero attached hydrogens (tertiary/aromatic N) is 1. The van der Waals surface area contributed by atoms with Crippen LogP contribution in [-0.2, 0) is 4.79 Å². The third-order valence-electron chi connectivity index (χ3n) is 3.70. The lowest BCUT2D eigenvalue weighted by molar-refractivity contribution is -0.123. The average molecular weight is 420 g/mol. The Morgan fingerprint density at radius 2 is 1.78 bits per heavy atom. The number of halogens is 2. The molecular formula is C20H15Cl2NO3S. The first-order chi connectivity index (χ1) is 13.0. The van der Waals surface area contributed by atoms with Gasteiger partial charge < -0.3 is 4.74 Å². The summed E-state index contributed by atoms with van der Waals surface area (Å²) in [6, 6.07) is 14.3. The van der Waals surface area contributed by atoms with Crippen molar-refractivity contribution < 1.29 is 14.3 Å². The van der Waals surface area contributed by atoms with Crippen molar-refractivity contribution in [2.75, 3.05) is 13.2 Å². The standard InChI is InChI=1S/C20H15Cl2NO3S/c21-15-8-10-16(11-9-15)26-13-12-23-19(24)18(27-20(23)25)7-3-5-14-4-1-2-6-17(14)22/h1-11H,12-13H2/b5-3+,18-7-. The Labute approximate surface area is 171 Å². The van der Waals surface area contributed by atoms with E-state index in [-0.39, 0.29) is 24.3 Å². The summed E-state index contributed by atoms with van der Waals surface area (Å²) >= 11 is 12.8. The number of imide groups is 1. The first-order valence-electron chi connectivity index (χ1n) is 8.09. The zero-order chi connectivity index (χ0) is 19.2. The Hall–Kier alpha value is -2.21. The highest BCUT2D eigenvalue weighted by atomic mass is 35.5. The molecule has 3 rings (SSSR count).